The first kappa shape index (κ1) is 17.1. The number of rotatable bonds is 6. The highest BCUT2D eigenvalue weighted by Gasteiger charge is 2.14. The second kappa shape index (κ2) is 7.89. The van der Waals surface area contributed by atoms with Crippen LogP contribution in [-0.4, -0.2) is 11.7 Å². The number of aryl methyl sites for hydroxylation is 3. The molecular formula is C21H25NOS. The first-order valence-electron chi connectivity index (χ1n) is 8.66. The van der Waals surface area contributed by atoms with Gasteiger partial charge in [0.2, 0.25) is 5.91 Å². The number of hydrogen-bond acceptors (Lipinski definition) is 2. The molecule has 0 heterocycles. The van der Waals surface area contributed by atoms with Gasteiger partial charge in [-0.3, -0.25) is 4.79 Å². The minimum Gasteiger partial charge on any atom is -0.349 e. The average Bonchev–Trinajstić information content (AvgIpc) is 3.04. The van der Waals surface area contributed by atoms with Crippen LogP contribution in [0.4, 0.5) is 0 Å². The van der Waals surface area contributed by atoms with E-state index >= 15 is 0 Å². The summed E-state index contributed by atoms with van der Waals surface area (Å²) in [5.74, 6) is 1.49. The SMILES string of the molecule is Cc1ccc(CSCC(=O)NC(C)c2ccc3c(c2)CCC3)cc1. The second-order valence-corrected chi connectivity index (χ2v) is 7.63. The normalized spacial score (nSPS) is 14.2. The monoisotopic (exact) mass is 339 g/mol. The van der Waals surface area contributed by atoms with Crippen molar-refractivity contribution in [2.24, 2.45) is 0 Å². The Kier molecular flexibility index (Phi) is 5.62. The van der Waals surface area contributed by atoms with Crippen LogP contribution in [0.5, 0.6) is 0 Å². The van der Waals surface area contributed by atoms with Crippen molar-refractivity contribution in [2.45, 2.75) is 44.9 Å². The molecule has 2 aromatic rings. The maximum absolute atomic E-state index is 12.2. The molecule has 0 fully saturated rings. The Morgan fingerprint density at radius 1 is 1.12 bits per heavy atom. The Morgan fingerprint density at radius 3 is 2.67 bits per heavy atom. The Morgan fingerprint density at radius 2 is 1.88 bits per heavy atom. The van der Waals surface area contributed by atoms with Crippen LogP contribution in [0.1, 0.15) is 47.2 Å². The summed E-state index contributed by atoms with van der Waals surface area (Å²) in [6, 6.07) is 15.2. The van der Waals surface area contributed by atoms with E-state index in [9.17, 15) is 4.79 Å². The highest BCUT2D eigenvalue weighted by atomic mass is 32.2. The van der Waals surface area contributed by atoms with Crippen molar-refractivity contribution in [3.8, 4) is 0 Å². The van der Waals surface area contributed by atoms with Gasteiger partial charge in [0.25, 0.3) is 0 Å². The fourth-order valence-electron chi connectivity index (χ4n) is 3.17. The molecule has 2 nitrogen and oxygen atoms in total. The fraction of sp³-hybridized carbons (Fsp3) is 0.381. The summed E-state index contributed by atoms with van der Waals surface area (Å²) in [6.07, 6.45) is 3.64. The highest BCUT2D eigenvalue weighted by Crippen LogP contribution is 2.25. The van der Waals surface area contributed by atoms with E-state index in [-0.39, 0.29) is 11.9 Å². The molecule has 0 aromatic heterocycles. The van der Waals surface area contributed by atoms with Crippen LogP contribution in [0.3, 0.4) is 0 Å². The molecule has 0 spiro atoms. The van der Waals surface area contributed by atoms with E-state index in [1.54, 1.807) is 11.8 Å². The summed E-state index contributed by atoms with van der Waals surface area (Å²) < 4.78 is 0. The second-order valence-electron chi connectivity index (χ2n) is 6.65. The van der Waals surface area contributed by atoms with Crippen molar-refractivity contribution in [2.75, 3.05) is 5.75 Å². The number of benzene rings is 2. The summed E-state index contributed by atoms with van der Waals surface area (Å²) in [6.45, 7) is 4.16. The lowest BCUT2D eigenvalue weighted by Crippen LogP contribution is -2.28. The van der Waals surface area contributed by atoms with Crippen molar-refractivity contribution in [3.05, 3.63) is 70.3 Å². The lowest BCUT2D eigenvalue weighted by Gasteiger charge is -2.15. The molecule has 0 saturated heterocycles. The van der Waals surface area contributed by atoms with Gasteiger partial charge in [0.1, 0.15) is 0 Å². The molecule has 3 heteroatoms. The molecule has 1 amide bonds. The number of carbonyl (C=O) groups is 1. The molecule has 0 radical (unpaired) electrons. The number of nitrogens with one attached hydrogen (secondary N) is 1. The zero-order valence-corrected chi connectivity index (χ0v) is 15.3. The molecule has 1 unspecified atom stereocenters. The van der Waals surface area contributed by atoms with Crippen LogP contribution >= 0.6 is 11.8 Å². The van der Waals surface area contributed by atoms with Gasteiger partial charge in [-0.15, -0.1) is 11.8 Å². The molecule has 0 bridgehead atoms. The first-order chi connectivity index (χ1) is 11.6. The number of carbonyl (C=O) groups excluding carboxylic acids is 1. The lowest BCUT2D eigenvalue weighted by molar-refractivity contribution is -0.119. The summed E-state index contributed by atoms with van der Waals surface area (Å²) in [5, 5.41) is 3.12. The number of hydrogen-bond donors (Lipinski definition) is 1. The van der Waals surface area contributed by atoms with Crippen molar-refractivity contribution >= 4 is 17.7 Å². The number of amides is 1. The summed E-state index contributed by atoms with van der Waals surface area (Å²) in [7, 11) is 0. The highest BCUT2D eigenvalue weighted by molar-refractivity contribution is 7.99. The van der Waals surface area contributed by atoms with Gasteiger partial charge in [0, 0.05) is 5.75 Å². The molecule has 0 saturated carbocycles. The number of thioether (sulfide) groups is 1. The molecule has 1 N–H and O–H groups in total. The minimum atomic E-state index is 0.0726. The quantitative estimate of drug-likeness (QED) is 0.834. The molecule has 3 rings (SSSR count). The Balaban J connectivity index is 1.46. The van der Waals surface area contributed by atoms with E-state index in [0.717, 1.165) is 5.75 Å². The van der Waals surface area contributed by atoms with Gasteiger partial charge >= 0.3 is 0 Å². The predicted molar refractivity (Wildman–Crippen MR) is 102 cm³/mol. The van der Waals surface area contributed by atoms with Gasteiger partial charge < -0.3 is 5.32 Å². The summed E-state index contributed by atoms with van der Waals surface area (Å²) >= 11 is 1.67. The standard InChI is InChI=1S/C21H25NOS/c1-15-6-8-17(9-7-15)13-24-14-21(23)22-16(2)19-11-10-18-4-3-5-20(18)12-19/h6-12,16H,3-5,13-14H2,1-2H3,(H,22,23). The van der Waals surface area contributed by atoms with Crippen LogP contribution in [0.2, 0.25) is 0 Å². The Hall–Kier alpha value is -1.74. The van der Waals surface area contributed by atoms with E-state index in [1.165, 1.54) is 47.1 Å². The van der Waals surface area contributed by atoms with E-state index in [2.05, 4.69) is 61.6 Å². The predicted octanol–water partition coefficient (Wildman–Crippen LogP) is 4.59. The smallest absolute Gasteiger partial charge is 0.230 e. The van der Waals surface area contributed by atoms with Crippen molar-refractivity contribution in [3.63, 3.8) is 0 Å². The largest absolute Gasteiger partial charge is 0.349 e. The van der Waals surface area contributed by atoms with Gasteiger partial charge in [0.05, 0.1) is 11.8 Å². The third kappa shape index (κ3) is 4.41. The van der Waals surface area contributed by atoms with E-state index in [0.29, 0.717) is 5.75 Å². The molecule has 1 aliphatic rings. The fourth-order valence-corrected chi connectivity index (χ4v) is 3.97. The van der Waals surface area contributed by atoms with E-state index < -0.39 is 0 Å². The molecule has 1 aliphatic carbocycles. The lowest BCUT2D eigenvalue weighted by atomic mass is 10.0. The molecule has 24 heavy (non-hydrogen) atoms. The van der Waals surface area contributed by atoms with Gasteiger partial charge in [-0.1, -0.05) is 48.0 Å². The van der Waals surface area contributed by atoms with Crippen LogP contribution in [0.15, 0.2) is 42.5 Å². The zero-order valence-electron chi connectivity index (χ0n) is 14.5. The Labute approximate surface area is 149 Å². The third-order valence-corrected chi connectivity index (χ3v) is 5.63. The van der Waals surface area contributed by atoms with Crippen molar-refractivity contribution < 1.29 is 4.79 Å². The maximum atomic E-state index is 12.2. The average molecular weight is 340 g/mol. The molecule has 0 aliphatic heterocycles. The molecular weight excluding hydrogens is 314 g/mol. The topological polar surface area (TPSA) is 29.1 Å². The van der Waals surface area contributed by atoms with Crippen LogP contribution in [0, 0.1) is 6.92 Å². The molecule has 2 aromatic carbocycles. The summed E-state index contributed by atoms with van der Waals surface area (Å²) in [4.78, 5) is 12.2. The first-order valence-corrected chi connectivity index (χ1v) is 9.81. The Bertz CT molecular complexity index is 708. The van der Waals surface area contributed by atoms with Crippen molar-refractivity contribution in [1.82, 2.24) is 5.32 Å². The summed E-state index contributed by atoms with van der Waals surface area (Å²) in [5.41, 5.74) is 6.69. The van der Waals surface area contributed by atoms with Gasteiger partial charge in [-0.05, 0) is 55.4 Å². The minimum absolute atomic E-state index is 0.0726. The van der Waals surface area contributed by atoms with Crippen molar-refractivity contribution in [1.29, 1.82) is 0 Å². The molecule has 1 atom stereocenters. The van der Waals surface area contributed by atoms with Gasteiger partial charge in [0.15, 0.2) is 0 Å². The van der Waals surface area contributed by atoms with Gasteiger partial charge in [-0.25, -0.2) is 0 Å². The van der Waals surface area contributed by atoms with Crippen LogP contribution < -0.4 is 5.32 Å². The maximum Gasteiger partial charge on any atom is 0.230 e. The van der Waals surface area contributed by atoms with E-state index in [4.69, 9.17) is 0 Å². The zero-order chi connectivity index (χ0) is 16.9. The molecule has 126 valence electrons. The van der Waals surface area contributed by atoms with Crippen LogP contribution in [0.25, 0.3) is 0 Å². The van der Waals surface area contributed by atoms with Crippen LogP contribution in [-0.2, 0) is 23.4 Å². The van der Waals surface area contributed by atoms with Gasteiger partial charge in [-0.2, -0.15) is 0 Å². The third-order valence-electron chi connectivity index (χ3n) is 4.62. The number of fused-ring (bicyclic) bond motifs is 1. The van der Waals surface area contributed by atoms with E-state index in [1.807, 2.05) is 0 Å².